The zero-order valence-corrected chi connectivity index (χ0v) is 12.4. The molecule has 0 radical (unpaired) electrons. The van der Waals surface area contributed by atoms with Crippen molar-refractivity contribution >= 4 is 10.0 Å². The molecule has 1 aromatic carbocycles. The minimum Gasteiger partial charge on any atom is -0.314 e. The molecule has 5 heteroatoms. The van der Waals surface area contributed by atoms with E-state index in [1.807, 2.05) is 12.1 Å². The van der Waals surface area contributed by atoms with Crippen LogP contribution in [0.5, 0.6) is 0 Å². The number of nitrogens with one attached hydrogen (secondary N) is 1. The Labute approximate surface area is 115 Å². The van der Waals surface area contributed by atoms with Gasteiger partial charge in [-0.25, -0.2) is 8.42 Å². The van der Waals surface area contributed by atoms with E-state index in [9.17, 15) is 8.42 Å². The van der Waals surface area contributed by atoms with E-state index >= 15 is 0 Å². The Balaban J connectivity index is 2.16. The van der Waals surface area contributed by atoms with Gasteiger partial charge in [0.15, 0.2) is 0 Å². The van der Waals surface area contributed by atoms with Crippen molar-refractivity contribution in [1.82, 2.24) is 9.62 Å². The van der Waals surface area contributed by atoms with Crippen LogP contribution in [0.4, 0.5) is 0 Å². The van der Waals surface area contributed by atoms with Crippen LogP contribution in [0, 0.1) is 5.92 Å². The molecule has 2 rings (SSSR count). The van der Waals surface area contributed by atoms with Crippen molar-refractivity contribution in [2.24, 2.45) is 5.92 Å². The van der Waals surface area contributed by atoms with Gasteiger partial charge >= 0.3 is 0 Å². The average molecular weight is 282 g/mol. The first-order valence-corrected chi connectivity index (χ1v) is 8.24. The van der Waals surface area contributed by atoms with E-state index in [1.54, 1.807) is 16.4 Å². The van der Waals surface area contributed by atoms with Gasteiger partial charge in [-0.1, -0.05) is 26.0 Å². The van der Waals surface area contributed by atoms with Gasteiger partial charge in [-0.2, -0.15) is 4.31 Å². The molecule has 0 unspecified atom stereocenters. The third kappa shape index (κ3) is 3.55. The summed E-state index contributed by atoms with van der Waals surface area (Å²) in [6.45, 7) is 6.87. The monoisotopic (exact) mass is 282 g/mol. The van der Waals surface area contributed by atoms with E-state index in [1.165, 1.54) is 5.56 Å². The quantitative estimate of drug-likeness (QED) is 0.910. The summed E-state index contributed by atoms with van der Waals surface area (Å²) in [5.74, 6) is 0.579. The van der Waals surface area contributed by atoms with Crippen molar-refractivity contribution in [3.05, 3.63) is 29.8 Å². The molecule has 0 aromatic heterocycles. The SMILES string of the molecule is CC(C)Cc1ccc(S(=O)(=O)N2CCNCC2)cc1. The Hall–Kier alpha value is -0.910. The number of sulfonamides is 1. The molecule has 0 aliphatic carbocycles. The maximum Gasteiger partial charge on any atom is 0.243 e. The summed E-state index contributed by atoms with van der Waals surface area (Å²) >= 11 is 0. The smallest absolute Gasteiger partial charge is 0.243 e. The molecule has 1 aliphatic heterocycles. The van der Waals surface area contributed by atoms with Gasteiger partial charge in [0.2, 0.25) is 10.0 Å². The Morgan fingerprint density at radius 3 is 2.26 bits per heavy atom. The number of rotatable bonds is 4. The Kier molecular flexibility index (Phi) is 4.60. The molecule has 0 bridgehead atoms. The second-order valence-electron chi connectivity index (χ2n) is 5.40. The van der Waals surface area contributed by atoms with Gasteiger partial charge in [-0.3, -0.25) is 0 Å². The van der Waals surface area contributed by atoms with Crippen molar-refractivity contribution in [1.29, 1.82) is 0 Å². The summed E-state index contributed by atoms with van der Waals surface area (Å²) in [5, 5.41) is 3.16. The molecular formula is C14H22N2O2S. The molecule has 0 spiro atoms. The van der Waals surface area contributed by atoms with E-state index in [4.69, 9.17) is 0 Å². The number of nitrogens with zero attached hydrogens (tertiary/aromatic N) is 1. The van der Waals surface area contributed by atoms with Crippen LogP contribution in [0.15, 0.2) is 29.2 Å². The van der Waals surface area contributed by atoms with Gasteiger partial charge in [-0.05, 0) is 30.0 Å². The van der Waals surface area contributed by atoms with Crippen molar-refractivity contribution in [3.63, 3.8) is 0 Å². The second-order valence-corrected chi connectivity index (χ2v) is 7.33. The third-order valence-corrected chi connectivity index (χ3v) is 5.19. The molecule has 1 N–H and O–H groups in total. The lowest BCUT2D eigenvalue weighted by molar-refractivity contribution is 0.360. The van der Waals surface area contributed by atoms with Crippen molar-refractivity contribution < 1.29 is 8.42 Å². The summed E-state index contributed by atoms with van der Waals surface area (Å²) in [6.07, 6.45) is 0.980. The normalized spacial score (nSPS) is 17.8. The fourth-order valence-corrected chi connectivity index (χ4v) is 3.74. The third-order valence-electron chi connectivity index (χ3n) is 3.28. The zero-order valence-electron chi connectivity index (χ0n) is 11.6. The first-order chi connectivity index (χ1) is 9.00. The minimum atomic E-state index is -3.31. The van der Waals surface area contributed by atoms with Gasteiger partial charge in [0, 0.05) is 26.2 Å². The highest BCUT2D eigenvalue weighted by atomic mass is 32.2. The Bertz CT molecular complexity index is 503. The van der Waals surface area contributed by atoms with Gasteiger partial charge < -0.3 is 5.32 Å². The molecule has 106 valence electrons. The van der Waals surface area contributed by atoms with Crippen molar-refractivity contribution in [2.75, 3.05) is 26.2 Å². The number of hydrogen-bond donors (Lipinski definition) is 1. The van der Waals surface area contributed by atoms with E-state index < -0.39 is 10.0 Å². The molecule has 19 heavy (non-hydrogen) atoms. The van der Waals surface area contributed by atoms with E-state index in [2.05, 4.69) is 19.2 Å². The highest BCUT2D eigenvalue weighted by Gasteiger charge is 2.25. The maximum atomic E-state index is 12.4. The van der Waals surface area contributed by atoms with Gasteiger partial charge in [0.25, 0.3) is 0 Å². The van der Waals surface area contributed by atoms with Crippen LogP contribution in [0.3, 0.4) is 0 Å². The molecule has 1 heterocycles. The van der Waals surface area contributed by atoms with Crippen LogP contribution in [-0.2, 0) is 16.4 Å². The van der Waals surface area contributed by atoms with Crippen molar-refractivity contribution in [2.45, 2.75) is 25.2 Å². The summed E-state index contributed by atoms with van der Waals surface area (Å²) in [7, 11) is -3.31. The summed E-state index contributed by atoms with van der Waals surface area (Å²) < 4.78 is 26.4. The fourth-order valence-electron chi connectivity index (χ4n) is 2.30. The molecule has 1 aliphatic rings. The molecule has 4 nitrogen and oxygen atoms in total. The first kappa shape index (κ1) is 14.5. The molecule has 1 aromatic rings. The summed E-state index contributed by atoms with van der Waals surface area (Å²) in [5.41, 5.74) is 1.19. The van der Waals surface area contributed by atoms with Crippen LogP contribution in [-0.4, -0.2) is 38.9 Å². The predicted octanol–water partition coefficient (Wildman–Crippen LogP) is 1.48. The van der Waals surface area contributed by atoms with Crippen LogP contribution in [0.2, 0.25) is 0 Å². The van der Waals surface area contributed by atoms with Gasteiger partial charge in [0.05, 0.1) is 4.90 Å². The number of piperazine rings is 1. The second kappa shape index (κ2) is 6.03. The zero-order chi connectivity index (χ0) is 13.9. The van der Waals surface area contributed by atoms with E-state index in [0.717, 1.165) is 19.5 Å². The molecule has 1 saturated heterocycles. The largest absolute Gasteiger partial charge is 0.314 e. The molecular weight excluding hydrogens is 260 g/mol. The summed E-state index contributed by atoms with van der Waals surface area (Å²) in [6, 6.07) is 7.31. The Morgan fingerprint density at radius 2 is 1.74 bits per heavy atom. The standard InChI is InChI=1S/C14H22N2O2S/c1-12(2)11-13-3-5-14(6-4-13)19(17,18)16-9-7-15-8-10-16/h3-6,12,15H,7-11H2,1-2H3. The lowest BCUT2D eigenvalue weighted by Gasteiger charge is -2.26. The molecule has 0 atom stereocenters. The van der Waals surface area contributed by atoms with Crippen LogP contribution in [0.25, 0.3) is 0 Å². The summed E-state index contributed by atoms with van der Waals surface area (Å²) in [4.78, 5) is 0.405. The first-order valence-electron chi connectivity index (χ1n) is 6.80. The topological polar surface area (TPSA) is 49.4 Å². The minimum absolute atomic E-state index is 0.405. The molecule has 0 saturated carbocycles. The average Bonchev–Trinajstić information content (AvgIpc) is 2.40. The van der Waals surface area contributed by atoms with Gasteiger partial charge in [0.1, 0.15) is 0 Å². The highest BCUT2D eigenvalue weighted by molar-refractivity contribution is 7.89. The molecule has 1 fully saturated rings. The van der Waals surface area contributed by atoms with Crippen LogP contribution in [0.1, 0.15) is 19.4 Å². The number of hydrogen-bond acceptors (Lipinski definition) is 3. The lowest BCUT2D eigenvalue weighted by atomic mass is 10.0. The fraction of sp³-hybridized carbons (Fsp3) is 0.571. The Morgan fingerprint density at radius 1 is 1.16 bits per heavy atom. The van der Waals surface area contributed by atoms with Crippen molar-refractivity contribution in [3.8, 4) is 0 Å². The predicted molar refractivity (Wildman–Crippen MR) is 76.6 cm³/mol. The lowest BCUT2D eigenvalue weighted by Crippen LogP contribution is -2.46. The number of benzene rings is 1. The van der Waals surface area contributed by atoms with Gasteiger partial charge in [-0.15, -0.1) is 0 Å². The van der Waals surface area contributed by atoms with Crippen LogP contribution >= 0.6 is 0 Å². The van der Waals surface area contributed by atoms with Crippen LogP contribution < -0.4 is 5.32 Å². The molecule has 0 amide bonds. The maximum absolute atomic E-state index is 12.4. The highest BCUT2D eigenvalue weighted by Crippen LogP contribution is 2.18. The van der Waals surface area contributed by atoms with E-state index in [-0.39, 0.29) is 0 Å². The van der Waals surface area contributed by atoms with E-state index in [0.29, 0.717) is 23.9 Å².